The first-order chi connectivity index (χ1) is 19.7. The van der Waals surface area contributed by atoms with Crippen LogP contribution >= 0.6 is 23.5 Å². The number of benzene rings is 3. The molecule has 0 spiro atoms. The number of rotatable bonds is 16. The minimum absolute atomic E-state index is 0.257. The lowest BCUT2D eigenvalue weighted by Crippen LogP contribution is -2.20. The molecule has 2 atom stereocenters. The molecule has 0 aliphatic carbocycles. The topological polar surface area (TPSA) is 39.7 Å². The molecule has 0 unspecified atom stereocenters. The Bertz CT molecular complexity index is 1120. The molecule has 40 heavy (non-hydrogen) atoms. The molecule has 1 heterocycles. The second-order valence-electron chi connectivity index (χ2n) is 10.0. The average molecular weight is 578 g/mol. The van der Waals surface area contributed by atoms with Crippen molar-refractivity contribution in [2.45, 2.75) is 62.0 Å². The third kappa shape index (κ3) is 10.5. The Hall–Kier alpha value is -2.38. The summed E-state index contributed by atoms with van der Waals surface area (Å²) >= 11 is 4.20. The van der Waals surface area contributed by atoms with Gasteiger partial charge in [0, 0.05) is 12.6 Å². The Morgan fingerprint density at radius 2 is 1.48 bits per heavy atom. The van der Waals surface area contributed by atoms with Gasteiger partial charge in [-0.25, -0.2) is 0 Å². The molecule has 3 aromatic carbocycles. The van der Waals surface area contributed by atoms with Crippen molar-refractivity contribution in [3.8, 4) is 11.5 Å². The molecule has 214 valence electrons. The van der Waals surface area contributed by atoms with Crippen LogP contribution in [0.5, 0.6) is 11.5 Å². The second kappa shape index (κ2) is 17.4. The summed E-state index contributed by atoms with van der Waals surface area (Å²) in [5, 5.41) is 3.76. The highest BCUT2D eigenvalue weighted by atomic mass is 32.2. The molecule has 6 heteroatoms. The molecule has 0 radical (unpaired) electrons. The molecule has 0 amide bonds. The monoisotopic (exact) mass is 577 g/mol. The molecule has 0 saturated carbocycles. The van der Waals surface area contributed by atoms with Crippen LogP contribution in [0.25, 0.3) is 0 Å². The van der Waals surface area contributed by atoms with Crippen molar-refractivity contribution in [3.05, 3.63) is 108 Å². The summed E-state index contributed by atoms with van der Waals surface area (Å²) in [5.74, 6) is 4.31. The first-order valence-electron chi connectivity index (χ1n) is 14.3. The standard InChI is InChI=1S/C34H43NO3S2/c1-36-30-18-14-27(15-19-30)25-35-33(29-10-5-3-6-11-29)13-8-4-7-12-32(24-34-39-22-9-23-40-34)38-26-28-16-20-31(37-2)21-17-28/h3-6,8,10-11,14-21,32-35H,7,9,12-13,22-26H2,1-2H3/b8-4+/t32-,33-/m0/s1. The molecule has 1 N–H and O–H groups in total. The van der Waals surface area contributed by atoms with Crippen LogP contribution in [0.3, 0.4) is 0 Å². The molecule has 1 saturated heterocycles. The van der Waals surface area contributed by atoms with E-state index < -0.39 is 0 Å². The van der Waals surface area contributed by atoms with Crippen LogP contribution in [0.15, 0.2) is 91.0 Å². The highest BCUT2D eigenvalue weighted by molar-refractivity contribution is 8.17. The van der Waals surface area contributed by atoms with Crippen LogP contribution in [-0.4, -0.2) is 36.4 Å². The van der Waals surface area contributed by atoms with E-state index in [1.165, 1.54) is 34.6 Å². The summed E-state index contributed by atoms with van der Waals surface area (Å²) in [5.41, 5.74) is 3.76. The second-order valence-corrected chi connectivity index (χ2v) is 12.9. The Morgan fingerprint density at radius 3 is 2.12 bits per heavy atom. The number of allylic oxidation sites excluding steroid dienone is 1. The van der Waals surface area contributed by atoms with E-state index in [2.05, 4.69) is 95.6 Å². The van der Waals surface area contributed by atoms with Crippen LogP contribution < -0.4 is 14.8 Å². The Morgan fingerprint density at radius 1 is 0.825 bits per heavy atom. The van der Waals surface area contributed by atoms with Crippen molar-refractivity contribution in [3.63, 3.8) is 0 Å². The third-order valence-electron chi connectivity index (χ3n) is 7.10. The van der Waals surface area contributed by atoms with Gasteiger partial charge in [0.15, 0.2) is 0 Å². The van der Waals surface area contributed by atoms with Gasteiger partial charge in [-0.2, -0.15) is 0 Å². The van der Waals surface area contributed by atoms with Crippen molar-refractivity contribution < 1.29 is 14.2 Å². The number of hydrogen-bond donors (Lipinski definition) is 1. The zero-order valence-electron chi connectivity index (χ0n) is 23.8. The van der Waals surface area contributed by atoms with Crippen LogP contribution in [0, 0.1) is 0 Å². The molecular weight excluding hydrogens is 535 g/mol. The molecule has 0 bridgehead atoms. The van der Waals surface area contributed by atoms with Gasteiger partial charge in [-0.15, -0.1) is 23.5 Å². The predicted molar refractivity (Wildman–Crippen MR) is 172 cm³/mol. The van der Waals surface area contributed by atoms with E-state index in [9.17, 15) is 0 Å². The molecular formula is C34H43NO3S2. The molecule has 1 aliphatic heterocycles. The summed E-state index contributed by atoms with van der Waals surface area (Å²) in [4.78, 5) is 0. The van der Waals surface area contributed by atoms with Crippen molar-refractivity contribution in [1.29, 1.82) is 0 Å². The van der Waals surface area contributed by atoms with Crippen LogP contribution in [-0.2, 0) is 17.9 Å². The van der Waals surface area contributed by atoms with Gasteiger partial charge in [0.2, 0.25) is 0 Å². The Kier molecular flexibility index (Phi) is 13.3. The normalized spacial score (nSPS) is 15.7. The fourth-order valence-corrected chi connectivity index (χ4v) is 7.73. The van der Waals surface area contributed by atoms with Crippen LogP contribution in [0.2, 0.25) is 0 Å². The van der Waals surface area contributed by atoms with Crippen molar-refractivity contribution in [2.75, 3.05) is 25.7 Å². The lowest BCUT2D eigenvalue weighted by molar-refractivity contribution is 0.0328. The third-order valence-corrected chi connectivity index (χ3v) is 10.1. The van der Waals surface area contributed by atoms with E-state index >= 15 is 0 Å². The number of methoxy groups -OCH3 is 2. The Balaban J connectivity index is 1.30. The maximum absolute atomic E-state index is 6.48. The molecule has 1 fully saturated rings. The first kappa shape index (κ1) is 30.6. The van der Waals surface area contributed by atoms with Crippen molar-refractivity contribution >= 4 is 23.5 Å². The molecule has 0 aromatic heterocycles. The summed E-state index contributed by atoms with van der Waals surface area (Å²) in [6.45, 7) is 1.46. The van der Waals surface area contributed by atoms with E-state index in [-0.39, 0.29) is 12.1 Å². The van der Waals surface area contributed by atoms with Gasteiger partial charge >= 0.3 is 0 Å². The van der Waals surface area contributed by atoms with Gasteiger partial charge in [0.25, 0.3) is 0 Å². The van der Waals surface area contributed by atoms with Crippen LogP contribution in [0.1, 0.15) is 54.8 Å². The first-order valence-corrected chi connectivity index (χ1v) is 16.4. The molecule has 3 aromatic rings. The van der Waals surface area contributed by atoms with Gasteiger partial charge < -0.3 is 19.5 Å². The van der Waals surface area contributed by atoms with Crippen molar-refractivity contribution in [2.24, 2.45) is 0 Å². The van der Waals surface area contributed by atoms with Gasteiger partial charge in [0.05, 0.1) is 31.5 Å². The van der Waals surface area contributed by atoms with Crippen molar-refractivity contribution in [1.82, 2.24) is 5.32 Å². The highest BCUT2D eigenvalue weighted by Crippen LogP contribution is 2.35. The van der Waals surface area contributed by atoms with E-state index in [1.807, 2.05) is 24.3 Å². The largest absolute Gasteiger partial charge is 0.497 e. The highest BCUT2D eigenvalue weighted by Gasteiger charge is 2.20. The van der Waals surface area contributed by atoms with Crippen LogP contribution in [0.4, 0.5) is 0 Å². The number of hydrogen-bond acceptors (Lipinski definition) is 6. The smallest absolute Gasteiger partial charge is 0.118 e. The van der Waals surface area contributed by atoms with Gasteiger partial charge in [-0.1, -0.05) is 66.7 Å². The predicted octanol–water partition coefficient (Wildman–Crippen LogP) is 8.43. The van der Waals surface area contributed by atoms with E-state index in [0.717, 1.165) is 43.7 Å². The maximum atomic E-state index is 6.48. The average Bonchev–Trinajstić information content (AvgIpc) is 3.02. The number of nitrogens with one attached hydrogen (secondary N) is 1. The molecule has 4 nitrogen and oxygen atoms in total. The van der Waals surface area contributed by atoms with E-state index in [1.54, 1.807) is 14.2 Å². The summed E-state index contributed by atoms with van der Waals surface area (Å²) < 4.78 is 17.7. The zero-order valence-corrected chi connectivity index (χ0v) is 25.4. The molecule has 1 aliphatic rings. The number of ether oxygens (including phenoxy) is 3. The van der Waals surface area contributed by atoms with Gasteiger partial charge in [-0.3, -0.25) is 0 Å². The van der Waals surface area contributed by atoms with Gasteiger partial charge in [0.1, 0.15) is 11.5 Å². The van der Waals surface area contributed by atoms with E-state index in [4.69, 9.17) is 14.2 Å². The fraction of sp³-hybridized carbons (Fsp3) is 0.412. The minimum atomic E-state index is 0.257. The Labute approximate surface area is 249 Å². The minimum Gasteiger partial charge on any atom is -0.497 e. The summed E-state index contributed by atoms with van der Waals surface area (Å²) in [6, 6.07) is 27.5. The lowest BCUT2D eigenvalue weighted by Gasteiger charge is -2.26. The summed E-state index contributed by atoms with van der Waals surface area (Å²) in [7, 11) is 3.40. The fourth-order valence-electron chi connectivity index (χ4n) is 4.73. The SMILES string of the molecule is COc1ccc(CN[C@@H](C/C=C/CC[C@@H](CC2SCCCS2)OCc2ccc(OC)cc2)c2ccccc2)cc1. The quantitative estimate of drug-likeness (QED) is 0.172. The number of thioether (sulfide) groups is 2. The zero-order chi connectivity index (χ0) is 27.8. The van der Waals surface area contributed by atoms with Gasteiger partial charge in [-0.05, 0) is 84.6 Å². The summed E-state index contributed by atoms with van der Waals surface area (Å²) in [6.07, 6.45) is 10.4. The van der Waals surface area contributed by atoms with E-state index in [0.29, 0.717) is 11.2 Å². The maximum Gasteiger partial charge on any atom is 0.118 e. The lowest BCUT2D eigenvalue weighted by atomic mass is 10.0. The molecule has 4 rings (SSSR count).